The van der Waals surface area contributed by atoms with E-state index in [4.69, 9.17) is 19.1 Å². The Hall–Kier alpha value is -0.690. The maximum atomic E-state index is 11.9. The number of hydrogen-bond donors (Lipinski definition) is 0. The second kappa shape index (κ2) is 4.94. The predicted molar refractivity (Wildman–Crippen MR) is 69.0 cm³/mol. The monoisotopic (exact) mass is 285 g/mol. The molecule has 1 aliphatic carbocycles. The average Bonchev–Trinajstić information content (AvgIpc) is 2.92. The van der Waals surface area contributed by atoms with E-state index < -0.39 is 6.10 Å². The van der Waals surface area contributed by atoms with Crippen molar-refractivity contribution in [2.24, 2.45) is 17.8 Å². The lowest BCUT2D eigenvalue weighted by Gasteiger charge is -2.47. The van der Waals surface area contributed by atoms with E-state index >= 15 is 0 Å². The minimum absolute atomic E-state index is 0.116. The Morgan fingerprint density at radius 3 is 2.70 bits per heavy atom. The standard InChI is InChI=1S/C14H23NO5/c1-5-18-13-8(2)9-6-7-10-11(12(16)17-4)19-15(20-13)14(9,10)3/h8-11,13H,5-7H2,1-4H3/t8-,9-,10+,11-,13+,14+/m0/s1. The summed E-state index contributed by atoms with van der Waals surface area (Å²) in [5.74, 6) is 0.467. The Morgan fingerprint density at radius 2 is 2.05 bits per heavy atom. The summed E-state index contributed by atoms with van der Waals surface area (Å²) in [7, 11) is 1.39. The first kappa shape index (κ1) is 14.3. The van der Waals surface area contributed by atoms with Crippen molar-refractivity contribution in [1.29, 1.82) is 0 Å². The normalized spacial score (nSPS) is 47.3. The number of hydrogen-bond acceptors (Lipinski definition) is 6. The first-order valence-corrected chi connectivity index (χ1v) is 7.37. The van der Waals surface area contributed by atoms with E-state index in [1.54, 1.807) is 0 Å². The highest BCUT2D eigenvalue weighted by molar-refractivity contribution is 5.75. The molecule has 6 atom stereocenters. The highest BCUT2D eigenvalue weighted by Crippen LogP contribution is 2.57. The molecule has 0 aromatic rings. The van der Waals surface area contributed by atoms with Crippen molar-refractivity contribution in [3.63, 3.8) is 0 Å². The molecule has 1 saturated carbocycles. The van der Waals surface area contributed by atoms with Crippen LogP contribution < -0.4 is 0 Å². The molecule has 0 aromatic heterocycles. The van der Waals surface area contributed by atoms with Gasteiger partial charge in [-0.2, -0.15) is 0 Å². The number of ether oxygens (including phenoxy) is 2. The summed E-state index contributed by atoms with van der Waals surface area (Å²) in [6.45, 7) is 6.82. The fraction of sp³-hybridized carbons (Fsp3) is 0.929. The van der Waals surface area contributed by atoms with Crippen LogP contribution in [0.4, 0.5) is 0 Å². The fourth-order valence-corrected chi connectivity index (χ4v) is 4.22. The maximum Gasteiger partial charge on any atom is 0.337 e. The van der Waals surface area contributed by atoms with Crippen molar-refractivity contribution < 1.29 is 23.9 Å². The Labute approximate surface area is 119 Å². The molecule has 20 heavy (non-hydrogen) atoms. The van der Waals surface area contributed by atoms with Crippen molar-refractivity contribution >= 4 is 5.97 Å². The summed E-state index contributed by atoms with van der Waals surface area (Å²) in [6.07, 6.45) is 1.13. The molecule has 6 heteroatoms. The molecule has 0 amide bonds. The van der Waals surface area contributed by atoms with Crippen LogP contribution in [0.3, 0.4) is 0 Å². The van der Waals surface area contributed by atoms with Gasteiger partial charge in [-0.1, -0.05) is 12.2 Å². The molecule has 0 N–H and O–H groups in total. The lowest BCUT2D eigenvalue weighted by Crippen LogP contribution is -2.58. The first-order chi connectivity index (χ1) is 9.53. The summed E-state index contributed by atoms with van der Waals surface area (Å²) >= 11 is 0. The molecule has 3 aliphatic rings. The molecule has 2 saturated heterocycles. The van der Waals surface area contributed by atoms with E-state index in [9.17, 15) is 4.79 Å². The average molecular weight is 285 g/mol. The van der Waals surface area contributed by atoms with Crippen LogP contribution >= 0.6 is 0 Å². The summed E-state index contributed by atoms with van der Waals surface area (Å²) < 4.78 is 10.5. The van der Waals surface area contributed by atoms with E-state index in [1.807, 2.05) is 6.92 Å². The molecular formula is C14H23NO5. The van der Waals surface area contributed by atoms with Crippen LogP contribution in [0, 0.1) is 17.8 Å². The predicted octanol–water partition coefficient (Wildman–Crippen LogP) is 1.50. The number of methoxy groups -OCH3 is 1. The van der Waals surface area contributed by atoms with Gasteiger partial charge < -0.3 is 9.47 Å². The van der Waals surface area contributed by atoms with Gasteiger partial charge in [0.25, 0.3) is 0 Å². The lowest BCUT2D eigenvalue weighted by atomic mass is 9.74. The third-order valence-corrected chi connectivity index (χ3v) is 5.29. The molecule has 3 rings (SSSR count). The van der Waals surface area contributed by atoms with Gasteiger partial charge >= 0.3 is 5.97 Å². The van der Waals surface area contributed by atoms with E-state index in [1.165, 1.54) is 12.3 Å². The van der Waals surface area contributed by atoms with E-state index in [0.29, 0.717) is 12.5 Å². The molecule has 6 nitrogen and oxygen atoms in total. The molecule has 0 spiro atoms. The van der Waals surface area contributed by atoms with Crippen LogP contribution in [0.5, 0.6) is 0 Å². The molecule has 0 bridgehead atoms. The summed E-state index contributed by atoms with van der Waals surface area (Å²) in [4.78, 5) is 23.5. The van der Waals surface area contributed by atoms with Gasteiger partial charge in [0.15, 0.2) is 12.4 Å². The Balaban J connectivity index is 1.88. The van der Waals surface area contributed by atoms with E-state index in [-0.39, 0.29) is 29.6 Å². The SMILES string of the molecule is CCO[C@@H]1ON2O[C@H](C(=O)OC)[C@H]3CC[C@@H]([C@@H]1C)[C@]32C. The second-order valence-corrected chi connectivity index (χ2v) is 6.11. The molecule has 2 aliphatic heterocycles. The van der Waals surface area contributed by atoms with Crippen LogP contribution in [0.15, 0.2) is 0 Å². The zero-order valence-corrected chi connectivity index (χ0v) is 12.5. The largest absolute Gasteiger partial charge is 0.467 e. The maximum absolute atomic E-state index is 11.9. The minimum atomic E-state index is -0.567. The zero-order chi connectivity index (χ0) is 14.5. The number of rotatable bonds is 3. The van der Waals surface area contributed by atoms with Crippen LogP contribution in [0.2, 0.25) is 0 Å². The Morgan fingerprint density at radius 1 is 1.35 bits per heavy atom. The van der Waals surface area contributed by atoms with Crippen LogP contribution in [-0.4, -0.2) is 42.8 Å². The van der Waals surface area contributed by atoms with Crippen molar-refractivity contribution in [3.8, 4) is 0 Å². The highest BCUT2D eigenvalue weighted by Gasteiger charge is 2.67. The molecule has 0 aromatic carbocycles. The van der Waals surface area contributed by atoms with Crippen molar-refractivity contribution in [1.82, 2.24) is 5.23 Å². The summed E-state index contributed by atoms with van der Waals surface area (Å²) in [5, 5.41) is 1.53. The van der Waals surface area contributed by atoms with Crippen LogP contribution in [-0.2, 0) is 23.9 Å². The second-order valence-electron chi connectivity index (χ2n) is 6.11. The van der Waals surface area contributed by atoms with Crippen molar-refractivity contribution in [2.75, 3.05) is 13.7 Å². The molecule has 114 valence electrons. The van der Waals surface area contributed by atoms with Gasteiger partial charge in [-0.3, -0.25) is 4.84 Å². The summed E-state index contributed by atoms with van der Waals surface area (Å²) in [6, 6.07) is 0. The van der Waals surface area contributed by atoms with E-state index in [0.717, 1.165) is 12.8 Å². The van der Waals surface area contributed by atoms with Gasteiger partial charge in [-0.25, -0.2) is 9.63 Å². The quantitative estimate of drug-likeness (QED) is 0.733. The number of nitrogens with zero attached hydrogens (tertiary/aromatic N) is 1. The van der Waals surface area contributed by atoms with Gasteiger partial charge in [-0.05, 0) is 32.6 Å². The molecule has 2 heterocycles. The zero-order valence-electron chi connectivity index (χ0n) is 12.5. The van der Waals surface area contributed by atoms with Crippen LogP contribution in [0.25, 0.3) is 0 Å². The molecule has 0 unspecified atom stereocenters. The lowest BCUT2D eigenvalue weighted by molar-refractivity contribution is -0.469. The van der Waals surface area contributed by atoms with Gasteiger partial charge in [0.1, 0.15) is 0 Å². The summed E-state index contributed by atoms with van der Waals surface area (Å²) in [5.41, 5.74) is -0.272. The van der Waals surface area contributed by atoms with Crippen molar-refractivity contribution in [2.45, 2.75) is 51.5 Å². The highest BCUT2D eigenvalue weighted by atomic mass is 17.0. The van der Waals surface area contributed by atoms with Gasteiger partial charge in [0, 0.05) is 18.4 Å². The number of hydroxylamine groups is 2. The first-order valence-electron chi connectivity index (χ1n) is 7.37. The smallest absolute Gasteiger partial charge is 0.337 e. The molecule has 0 radical (unpaired) electrons. The van der Waals surface area contributed by atoms with Gasteiger partial charge in [0.05, 0.1) is 12.6 Å². The number of carbonyl (C=O) groups is 1. The Kier molecular flexibility index (Phi) is 3.52. The minimum Gasteiger partial charge on any atom is -0.467 e. The number of esters is 1. The molecule has 3 fully saturated rings. The third kappa shape index (κ3) is 1.75. The fourth-order valence-electron chi connectivity index (χ4n) is 4.22. The van der Waals surface area contributed by atoms with Gasteiger partial charge in [0.2, 0.25) is 0 Å². The molecular weight excluding hydrogens is 262 g/mol. The van der Waals surface area contributed by atoms with E-state index in [2.05, 4.69) is 13.8 Å². The Bertz CT molecular complexity index is 403. The third-order valence-electron chi connectivity index (χ3n) is 5.29. The van der Waals surface area contributed by atoms with Crippen molar-refractivity contribution in [3.05, 3.63) is 0 Å². The number of carbonyl (C=O) groups excluding carboxylic acids is 1. The topological polar surface area (TPSA) is 57.2 Å². The van der Waals surface area contributed by atoms with Crippen LogP contribution in [0.1, 0.15) is 33.6 Å². The van der Waals surface area contributed by atoms with Gasteiger partial charge in [-0.15, -0.1) is 0 Å².